The van der Waals surface area contributed by atoms with Crippen LogP contribution >= 0.6 is 0 Å². The molecule has 0 bridgehead atoms. The number of hydrogen-bond donors (Lipinski definition) is 1. The molecule has 0 unspecified atom stereocenters. The summed E-state index contributed by atoms with van der Waals surface area (Å²) in [5, 5.41) is 0.851. The second-order valence-corrected chi connectivity index (χ2v) is 7.59. The van der Waals surface area contributed by atoms with Gasteiger partial charge in [0.2, 0.25) is 5.91 Å². The molecule has 1 amide bonds. The predicted molar refractivity (Wildman–Crippen MR) is 96.1 cm³/mol. The van der Waals surface area contributed by atoms with Gasteiger partial charge in [-0.15, -0.1) is 0 Å². The van der Waals surface area contributed by atoms with Crippen molar-refractivity contribution >= 4 is 38.2 Å². The summed E-state index contributed by atoms with van der Waals surface area (Å²) in [5.74, 6) is -0.0456. The number of nitrogens with zero attached hydrogens (tertiary/aromatic N) is 2. The van der Waals surface area contributed by atoms with E-state index in [0.29, 0.717) is 16.8 Å². The normalized spacial score (nSPS) is 14.0. The van der Waals surface area contributed by atoms with Crippen LogP contribution in [0.5, 0.6) is 0 Å². The Bertz CT molecular complexity index is 1100. The van der Waals surface area contributed by atoms with E-state index in [0.717, 1.165) is 11.1 Å². The summed E-state index contributed by atoms with van der Waals surface area (Å²) in [6.07, 6.45) is 1.84. The van der Waals surface area contributed by atoms with Crippen LogP contribution in [0.25, 0.3) is 10.9 Å². The van der Waals surface area contributed by atoms with Crippen LogP contribution in [-0.2, 0) is 21.2 Å². The van der Waals surface area contributed by atoms with Crippen LogP contribution in [0.1, 0.15) is 5.56 Å². The van der Waals surface area contributed by atoms with E-state index in [1.54, 1.807) is 43.6 Å². The van der Waals surface area contributed by atoms with Crippen molar-refractivity contribution in [2.24, 2.45) is 0 Å². The molecule has 7 heteroatoms. The molecule has 0 saturated heterocycles. The number of carbonyl (C=O) groups is 1. The molecule has 1 aliphatic heterocycles. The Hall–Kier alpha value is -2.93. The Kier molecular flexibility index (Phi) is 3.47. The van der Waals surface area contributed by atoms with Crippen LogP contribution in [0.15, 0.2) is 59.6 Å². The maximum Gasteiger partial charge on any atom is 0.261 e. The summed E-state index contributed by atoms with van der Waals surface area (Å²) in [6, 6.07) is 13.7. The molecule has 0 fully saturated rings. The molecule has 0 spiro atoms. The van der Waals surface area contributed by atoms with Crippen molar-refractivity contribution in [2.75, 3.05) is 16.7 Å². The molecular formula is C18H15N3O3S. The molecule has 3 aromatic rings. The van der Waals surface area contributed by atoms with Crippen molar-refractivity contribution in [2.45, 2.75) is 11.3 Å². The van der Waals surface area contributed by atoms with Gasteiger partial charge in [-0.05, 0) is 35.9 Å². The molecule has 1 aliphatic rings. The van der Waals surface area contributed by atoms with Crippen molar-refractivity contribution in [1.82, 2.24) is 4.98 Å². The number of pyridine rings is 1. The van der Waals surface area contributed by atoms with Gasteiger partial charge in [0.1, 0.15) is 0 Å². The van der Waals surface area contributed by atoms with E-state index in [2.05, 4.69) is 9.71 Å². The van der Waals surface area contributed by atoms with Crippen LogP contribution in [0.4, 0.5) is 11.4 Å². The molecule has 1 N–H and O–H groups in total. The number of sulfonamides is 1. The molecule has 2 aromatic carbocycles. The fraction of sp³-hybridized carbons (Fsp3) is 0.111. The molecule has 1 aromatic heterocycles. The molecule has 0 saturated carbocycles. The number of nitrogens with one attached hydrogen (secondary N) is 1. The third-order valence-electron chi connectivity index (χ3n) is 4.32. The summed E-state index contributed by atoms with van der Waals surface area (Å²) < 4.78 is 28.1. The molecule has 25 heavy (non-hydrogen) atoms. The number of rotatable bonds is 3. The molecular weight excluding hydrogens is 338 g/mol. The molecule has 126 valence electrons. The quantitative estimate of drug-likeness (QED) is 0.785. The van der Waals surface area contributed by atoms with E-state index >= 15 is 0 Å². The average Bonchev–Trinajstić information content (AvgIpc) is 2.89. The number of benzene rings is 2. The Labute approximate surface area is 145 Å². The van der Waals surface area contributed by atoms with Gasteiger partial charge in [0.25, 0.3) is 10.0 Å². The zero-order valence-corrected chi connectivity index (χ0v) is 14.2. The Morgan fingerprint density at radius 2 is 1.92 bits per heavy atom. The smallest absolute Gasteiger partial charge is 0.261 e. The largest absolute Gasteiger partial charge is 0.315 e. The van der Waals surface area contributed by atoms with Crippen LogP contribution < -0.4 is 9.62 Å². The average molecular weight is 353 g/mol. The first kappa shape index (κ1) is 15.6. The molecule has 0 atom stereocenters. The predicted octanol–water partition coefficient (Wildman–Crippen LogP) is 2.55. The Morgan fingerprint density at radius 1 is 1.12 bits per heavy atom. The lowest BCUT2D eigenvalue weighted by atomic mass is 10.2. The minimum Gasteiger partial charge on any atom is -0.315 e. The summed E-state index contributed by atoms with van der Waals surface area (Å²) in [6.45, 7) is 0. The van der Waals surface area contributed by atoms with Crippen LogP contribution in [-0.4, -0.2) is 26.4 Å². The highest BCUT2D eigenvalue weighted by molar-refractivity contribution is 7.92. The Balaban J connectivity index is 1.73. The first-order valence-corrected chi connectivity index (χ1v) is 9.20. The highest BCUT2D eigenvalue weighted by Crippen LogP contribution is 2.31. The number of para-hydroxylation sites is 1. The number of amides is 1. The second-order valence-electron chi connectivity index (χ2n) is 5.91. The maximum atomic E-state index is 12.8. The fourth-order valence-electron chi connectivity index (χ4n) is 3.00. The number of aromatic nitrogens is 1. The van der Waals surface area contributed by atoms with Crippen molar-refractivity contribution in [3.05, 3.63) is 60.3 Å². The number of likely N-dealkylation sites (N-methyl/N-ethyl adjacent to an activating group) is 1. The van der Waals surface area contributed by atoms with Crippen molar-refractivity contribution in [3.8, 4) is 0 Å². The lowest BCUT2D eigenvalue weighted by Gasteiger charge is -2.12. The molecule has 0 radical (unpaired) electrons. The molecule has 4 rings (SSSR count). The minimum absolute atomic E-state index is 0.0456. The Morgan fingerprint density at radius 3 is 2.76 bits per heavy atom. The van der Waals surface area contributed by atoms with E-state index in [1.165, 1.54) is 11.0 Å². The zero-order chi connectivity index (χ0) is 17.6. The highest BCUT2D eigenvalue weighted by atomic mass is 32.2. The van der Waals surface area contributed by atoms with Crippen LogP contribution in [0, 0.1) is 0 Å². The van der Waals surface area contributed by atoms with Crippen LogP contribution in [0.3, 0.4) is 0 Å². The third kappa shape index (κ3) is 2.62. The van der Waals surface area contributed by atoms with E-state index < -0.39 is 10.0 Å². The molecule has 0 aliphatic carbocycles. The maximum absolute atomic E-state index is 12.8. The van der Waals surface area contributed by atoms with Crippen LogP contribution in [0.2, 0.25) is 0 Å². The van der Waals surface area contributed by atoms with E-state index in [4.69, 9.17) is 0 Å². The summed E-state index contributed by atoms with van der Waals surface area (Å²) in [4.78, 5) is 17.7. The third-order valence-corrected chi connectivity index (χ3v) is 5.68. The number of anilines is 2. The van der Waals surface area contributed by atoms with Gasteiger partial charge in [0.05, 0.1) is 22.5 Å². The summed E-state index contributed by atoms with van der Waals surface area (Å²) >= 11 is 0. The van der Waals surface area contributed by atoms with Gasteiger partial charge in [-0.2, -0.15) is 0 Å². The van der Waals surface area contributed by atoms with Gasteiger partial charge >= 0.3 is 0 Å². The van der Waals surface area contributed by atoms with Gasteiger partial charge in [-0.1, -0.05) is 18.2 Å². The van der Waals surface area contributed by atoms with E-state index in [-0.39, 0.29) is 17.2 Å². The minimum atomic E-state index is -3.78. The lowest BCUT2D eigenvalue weighted by Crippen LogP contribution is -2.20. The van der Waals surface area contributed by atoms with Crippen molar-refractivity contribution in [3.63, 3.8) is 0 Å². The highest BCUT2D eigenvalue weighted by Gasteiger charge is 2.26. The monoisotopic (exact) mass is 353 g/mol. The number of hydrogen-bond acceptors (Lipinski definition) is 4. The van der Waals surface area contributed by atoms with Gasteiger partial charge in [0, 0.05) is 24.3 Å². The van der Waals surface area contributed by atoms with E-state index in [9.17, 15) is 13.2 Å². The van der Waals surface area contributed by atoms with Gasteiger partial charge < -0.3 is 4.90 Å². The zero-order valence-electron chi connectivity index (χ0n) is 13.4. The number of carbonyl (C=O) groups excluding carboxylic acids is 1. The lowest BCUT2D eigenvalue weighted by molar-refractivity contribution is -0.117. The number of fused-ring (bicyclic) bond motifs is 2. The standard InChI is InChI=1S/C18H15N3O3S/c1-21-16-8-7-14(10-13(16)11-17(21)22)25(23,24)20-15-6-2-4-12-5-3-9-19-18(12)15/h2-10,20H,11H2,1H3. The van der Waals surface area contributed by atoms with Gasteiger partial charge in [-0.3, -0.25) is 14.5 Å². The second kappa shape index (κ2) is 5.56. The van der Waals surface area contributed by atoms with E-state index in [1.807, 2.05) is 12.1 Å². The van der Waals surface area contributed by atoms with Crippen molar-refractivity contribution in [1.29, 1.82) is 0 Å². The van der Waals surface area contributed by atoms with Gasteiger partial charge in [0.15, 0.2) is 0 Å². The van der Waals surface area contributed by atoms with Crippen molar-refractivity contribution < 1.29 is 13.2 Å². The summed E-state index contributed by atoms with van der Waals surface area (Å²) in [5.41, 5.74) is 2.47. The molecule has 6 nitrogen and oxygen atoms in total. The SMILES string of the molecule is CN1C(=O)Cc2cc(S(=O)(=O)Nc3cccc4cccnc34)ccc21. The first-order valence-electron chi connectivity index (χ1n) is 7.72. The molecule has 2 heterocycles. The van der Waals surface area contributed by atoms with Gasteiger partial charge in [-0.25, -0.2) is 8.42 Å². The first-order chi connectivity index (χ1) is 12.0. The summed E-state index contributed by atoms with van der Waals surface area (Å²) in [7, 11) is -2.10. The fourth-order valence-corrected chi connectivity index (χ4v) is 4.12. The topological polar surface area (TPSA) is 79.4 Å².